The number of esters is 1. The molecule has 1 aromatic carbocycles. The maximum atomic E-state index is 11.1. The molecule has 0 spiro atoms. The first-order valence-corrected chi connectivity index (χ1v) is 4.25. The first-order chi connectivity index (χ1) is 6.77. The van der Waals surface area contributed by atoms with E-state index in [2.05, 4.69) is 9.57 Å². The second-order valence-corrected chi connectivity index (χ2v) is 2.84. The minimum atomic E-state index is -0.734. The molecule has 0 aliphatic heterocycles. The Kier molecular flexibility index (Phi) is 6.70. The smallest absolute Gasteiger partial charge is 0.337 e. The Hall–Kier alpha value is -1.10. The third kappa shape index (κ3) is 4.29. The minimum absolute atomic E-state index is 0. The second-order valence-electron chi connectivity index (χ2n) is 2.84. The van der Waals surface area contributed by atoms with Crippen molar-refractivity contribution in [2.45, 2.75) is 12.5 Å². The normalized spacial score (nSPS) is 11.3. The number of carbonyl (C=O) groups is 1. The van der Waals surface area contributed by atoms with Gasteiger partial charge >= 0.3 is 5.97 Å². The molecule has 0 aliphatic rings. The molecule has 5 heteroatoms. The summed E-state index contributed by atoms with van der Waals surface area (Å²) in [6, 6.07) is 9.48. The van der Waals surface area contributed by atoms with Gasteiger partial charge in [-0.15, -0.1) is 12.4 Å². The largest absolute Gasteiger partial charge is 0.467 e. The van der Waals surface area contributed by atoms with E-state index >= 15 is 0 Å². The second kappa shape index (κ2) is 7.23. The van der Waals surface area contributed by atoms with E-state index in [4.69, 9.17) is 5.90 Å². The average Bonchev–Trinajstić information content (AvgIpc) is 2.26. The molecule has 2 N–H and O–H groups in total. The van der Waals surface area contributed by atoms with E-state index in [-0.39, 0.29) is 12.4 Å². The molecule has 84 valence electrons. The summed E-state index contributed by atoms with van der Waals surface area (Å²) < 4.78 is 4.53. The van der Waals surface area contributed by atoms with Crippen LogP contribution in [0.5, 0.6) is 0 Å². The molecule has 4 nitrogen and oxygen atoms in total. The molecule has 0 heterocycles. The summed E-state index contributed by atoms with van der Waals surface area (Å²) in [4.78, 5) is 15.7. The van der Waals surface area contributed by atoms with Gasteiger partial charge in [0.25, 0.3) is 0 Å². The third-order valence-corrected chi connectivity index (χ3v) is 1.89. The maximum absolute atomic E-state index is 11.1. The molecule has 0 fully saturated rings. The van der Waals surface area contributed by atoms with Crippen LogP contribution in [0.15, 0.2) is 30.3 Å². The van der Waals surface area contributed by atoms with Crippen molar-refractivity contribution < 1.29 is 14.4 Å². The maximum Gasteiger partial charge on any atom is 0.337 e. The Bertz CT molecular complexity index is 292. The molecule has 15 heavy (non-hydrogen) atoms. The van der Waals surface area contributed by atoms with Gasteiger partial charge < -0.3 is 4.74 Å². The summed E-state index contributed by atoms with van der Waals surface area (Å²) in [5, 5.41) is 0. The van der Waals surface area contributed by atoms with Crippen molar-refractivity contribution in [2.75, 3.05) is 7.11 Å². The molecule has 0 bridgehead atoms. The number of benzene rings is 1. The van der Waals surface area contributed by atoms with Gasteiger partial charge in [-0.05, 0) is 5.56 Å². The first-order valence-electron chi connectivity index (χ1n) is 4.25. The van der Waals surface area contributed by atoms with E-state index in [9.17, 15) is 4.79 Å². The molecule has 0 amide bonds. The Labute approximate surface area is 94.7 Å². The van der Waals surface area contributed by atoms with Gasteiger partial charge in [0.2, 0.25) is 0 Å². The molecule has 1 aromatic rings. The standard InChI is InChI=1S/C10H13NO3.ClH/c1-13-10(12)9(14-11)7-8-5-3-2-4-6-8;/h2-6,9H,7,11H2,1H3;1H. The molecular weight excluding hydrogens is 218 g/mol. The summed E-state index contributed by atoms with van der Waals surface area (Å²) in [7, 11) is 1.30. The zero-order valence-electron chi connectivity index (χ0n) is 8.38. The van der Waals surface area contributed by atoms with E-state index in [1.54, 1.807) is 0 Å². The van der Waals surface area contributed by atoms with Crippen LogP contribution >= 0.6 is 12.4 Å². The van der Waals surface area contributed by atoms with Crippen LogP contribution in [-0.2, 0) is 20.8 Å². The van der Waals surface area contributed by atoms with Gasteiger partial charge in [0.15, 0.2) is 6.10 Å². The number of rotatable bonds is 4. The molecule has 0 aromatic heterocycles. The minimum Gasteiger partial charge on any atom is -0.467 e. The molecule has 1 atom stereocenters. The van der Waals surface area contributed by atoms with Crippen molar-refractivity contribution in [3.63, 3.8) is 0 Å². The number of ether oxygens (including phenoxy) is 1. The van der Waals surface area contributed by atoms with Crippen LogP contribution in [0, 0.1) is 0 Å². The zero-order chi connectivity index (χ0) is 10.4. The first kappa shape index (κ1) is 13.9. The quantitative estimate of drug-likeness (QED) is 0.622. The summed E-state index contributed by atoms with van der Waals surface area (Å²) in [6.07, 6.45) is -0.313. The fourth-order valence-electron chi connectivity index (χ4n) is 1.15. The van der Waals surface area contributed by atoms with Gasteiger partial charge in [-0.25, -0.2) is 10.7 Å². The Morgan fingerprint density at radius 1 is 1.40 bits per heavy atom. The van der Waals surface area contributed by atoms with Gasteiger partial charge in [-0.1, -0.05) is 30.3 Å². The molecular formula is C10H14ClNO3. The average molecular weight is 232 g/mol. The monoisotopic (exact) mass is 231 g/mol. The van der Waals surface area contributed by atoms with Crippen LogP contribution < -0.4 is 5.90 Å². The topological polar surface area (TPSA) is 61.5 Å². The predicted molar refractivity (Wildman–Crippen MR) is 58.5 cm³/mol. The highest BCUT2D eigenvalue weighted by Gasteiger charge is 2.19. The highest BCUT2D eigenvalue weighted by molar-refractivity contribution is 5.85. The predicted octanol–water partition coefficient (Wildman–Crippen LogP) is 1.08. The molecule has 0 saturated carbocycles. The van der Waals surface area contributed by atoms with Crippen LogP contribution in [0.25, 0.3) is 0 Å². The summed E-state index contributed by atoms with van der Waals surface area (Å²) >= 11 is 0. The van der Waals surface area contributed by atoms with E-state index in [0.717, 1.165) is 5.56 Å². The molecule has 0 radical (unpaired) electrons. The van der Waals surface area contributed by atoms with Crippen LogP contribution in [0.4, 0.5) is 0 Å². The number of methoxy groups -OCH3 is 1. The SMILES string of the molecule is COC(=O)C(Cc1ccccc1)ON.Cl. The number of halogens is 1. The van der Waals surface area contributed by atoms with Gasteiger partial charge in [0.1, 0.15) is 0 Å². The Morgan fingerprint density at radius 2 is 2.00 bits per heavy atom. The highest BCUT2D eigenvalue weighted by Crippen LogP contribution is 2.05. The number of carbonyl (C=O) groups excluding carboxylic acids is 1. The summed E-state index contributed by atoms with van der Waals surface area (Å²) in [5.41, 5.74) is 0.980. The van der Waals surface area contributed by atoms with Crippen molar-refractivity contribution in [1.82, 2.24) is 0 Å². The van der Waals surface area contributed by atoms with Crippen LogP contribution in [0.1, 0.15) is 5.56 Å². The fourth-order valence-corrected chi connectivity index (χ4v) is 1.15. The third-order valence-electron chi connectivity index (χ3n) is 1.89. The van der Waals surface area contributed by atoms with Gasteiger partial charge in [-0.2, -0.15) is 0 Å². The van der Waals surface area contributed by atoms with Crippen molar-refractivity contribution >= 4 is 18.4 Å². The Balaban J connectivity index is 0.00000196. The summed E-state index contributed by atoms with van der Waals surface area (Å²) in [5.74, 6) is 4.53. The van der Waals surface area contributed by atoms with Crippen LogP contribution in [0.3, 0.4) is 0 Å². The lowest BCUT2D eigenvalue weighted by molar-refractivity contribution is -0.154. The summed E-state index contributed by atoms with van der Waals surface area (Å²) in [6.45, 7) is 0. The molecule has 1 rings (SSSR count). The van der Waals surface area contributed by atoms with Gasteiger partial charge in [0, 0.05) is 6.42 Å². The molecule has 0 saturated heterocycles. The van der Waals surface area contributed by atoms with Gasteiger partial charge in [0.05, 0.1) is 7.11 Å². The number of nitrogens with two attached hydrogens (primary N) is 1. The van der Waals surface area contributed by atoms with Crippen molar-refractivity contribution in [1.29, 1.82) is 0 Å². The lowest BCUT2D eigenvalue weighted by atomic mass is 10.1. The fraction of sp³-hybridized carbons (Fsp3) is 0.300. The van der Waals surface area contributed by atoms with Gasteiger partial charge in [-0.3, -0.25) is 4.84 Å². The van der Waals surface area contributed by atoms with Crippen LogP contribution in [-0.4, -0.2) is 19.2 Å². The lowest BCUT2D eigenvalue weighted by Gasteiger charge is -2.11. The number of hydrogen-bond donors (Lipinski definition) is 1. The zero-order valence-corrected chi connectivity index (χ0v) is 9.20. The van der Waals surface area contributed by atoms with Crippen LogP contribution in [0.2, 0.25) is 0 Å². The van der Waals surface area contributed by atoms with E-state index in [1.807, 2.05) is 30.3 Å². The van der Waals surface area contributed by atoms with Crippen molar-refractivity contribution in [2.24, 2.45) is 5.90 Å². The van der Waals surface area contributed by atoms with E-state index in [0.29, 0.717) is 6.42 Å². The molecule has 0 aliphatic carbocycles. The van der Waals surface area contributed by atoms with E-state index < -0.39 is 12.1 Å². The Morgan fingerprint density at radius 3 is 2.47 bits per heavy atom. The lowest BCUT2D eigenvalue weighted by Crippen LogP contribution is -2.30. The highest BCUT2D eigenvalue weighted by atomic mass is 35.5. The van der Waals surface area contributed by atoms with Crippen molar-refractivity contribution in [3.8, 4) is 0 Å². The van der Waals surface area contributed by atoms with E-state index in [1.165, 1.54) is 7.11 Å². The van der Waals surface area contributed by atoms with Crippen molar-refractivity contribution in [3.05, 3.63) is 35.9 Å². The molecule has 1 unspecified atom stereocenters. The number of hydrogen-bond acceptors (Lipinski definition) is 4.